The van der Waals surface area contributed by atoms with Gasteiger partial charge in [0.2, 0.25) is 0 Å². The summed E-state index contributed by atoms with van der Waals surface area (Å²) in [6.07, 6.45) is 3.51. The van der Waals surface area contributed by atoms with E-state index in [0.29, 0.717) is 13.0 Å². The Morgan fingerprint density at radius 1 is 1.64 bits per heavy atom. The molecule has 11 heavy (non-hydrogen) atoms. The summed E-state index contributed by atoms with van der Waals surface area (Å²) in [5.41, 5.74) is 0. The van der Waals surface area contributed by atoms with Crippen molar-refractivity contribution in [1.29, 1.82) is 5.26 Å². The molecule has 0 saturated carbocycles. The molecule has 0 aromatic carbocycles. The van der Waals surface area contributed by atoms with Crippen molar-refractivity contribution in [2.24, 2.45) is 0 Å². The van der Waals surface area contributed by atoms with Gasteiger partial charge in [-0.3, -0.25) is 0 Å². The summed E-state index contributed by atoms with van der Waals surface area (Å²) in [7, 11) is 0. The van der Waals surface area contributed by atoms with Gasteiger partial charge < -0.3 is 9.47 Å². The monoisotopic (exact) mass is 155 g/mol. The summed E-state index contributed by atoms with van der Waals surface area (Å²) in [5.74, 6) is 0. The van der Waals surface area contributed by atoms with Crippen LogP contribution in [-0.4, -0.2) is 19.5 Å². The molecule has 0 aliphatic carbocycles. The molecular weight excluding hydrogens is 142 g/mol. The fraction of sp³-hybridized carbons (Fsp3) is 0.875. The first-order valence-electron chi connectivity index (χ1n) is 4.03. The number of nitrogens with zero attached hydrogens (tertiary/aromatic N) is 1. The second kappa shape index (κ2) is 5.11. The topological polar surface area (TPSA) is 42.2 Å². The second-order valence-electron chi connectivity index (χ2n) is 2.58. The van der Waals surface area contributed by atoms with Crippen LogP contribution in [0.4, 0.5) is 0 Å². The lowest BCUT2D eigenvalue weighted by Crippen LogP contribution is -2.10. The minimum atomic E-state index is 0.00805. The van der Waals surface area contributed by atoms with Crippen molar-refractivity contribution in [3.05, 3.63) is 0 Å². The van der Waals surface area contributed by atoms with Crippen LogP contribution < -0.4 is 0 Å². The number of hydrogen-bond acceptors (Lipinski definition) is 3. The van der Waals surface area contributed by atoms with Gasteiger partial charge in [0.15, 0.2) is 6.29 Å². The van der Waals surface area contributed by atoms with Crippen LogP contribution in [0.2, 0.25) is 0 Å². The fourth-order valence-corrected chi connectivity index (χ4v) is 1.05. The summed E-state index contributed by atoms with van der Waals surface area (Å²) < 4.78 is 10.6. The molecule has 0 radical (unpaired) electrons. The normalized spacial score (nSPS) is 23.4. The maximum atomic E-state index is 8.22. The molecule has 1 aliphatic rings. The predicted molar refractivity (Wildman–Crippen MR) is 39.8 cm³/mol. The van der Waals surface area contributed by atoms with E-state index in [4.69, 9.17) is 14.7 Å². The predicted octanol–water partition coefficient (Wildman–Crippen LogP) is 1.44. The van der Waals surface area contributed by atoms with Gasteiger partial charge in [-0.15, -0.1) is 0 Å². The zero-order chi connectivity index (χ0) is 7.94. The highest BCUT2D eigenvalue weighted by atomic mass is 16.7. The Morgan fingerprint density at radius 2 is 2.55 bits per heavy atom. The quantitative estimate of drug-likeness (QED) is 0.577. The van der Waals surface area contributed by atoms with E-state index in [1.165, 1.54) is 0 Å². The van der Waals surface area contributed by atoms with E-state index < -0.39 is 0 Å². The highest BCUT2D eigenvalue weighted by molar-refractivity contribution is 4.67. The first-order valence-corrected chi connectivity index (χ1v) is 4.03. The van der Waals surface area contributed by atoms with E-state index in [1.807, 2.05) is 0 Å². The van der Waals surface area contributed by atoms with Crippen molar-refractivity contribution >= 4 is 0 Å². The van der Waals surface area contributed by atoms with Gasteiger partial charge in [-0.2, -0.15) is 5.26 Å². The van der Waals surface area contributed by atoms with Gasteiger partial charge in [-0.25, -0.2) is 0 Å². The number of rotatable bonds is 4. The molecule has 0 bridgehead atoms. The van der Waals surface area contributed by atoms with E-state index in [9.17, 15) is 0 Å². The van der Waals surface area contributed by atoms with E-state index in [2.05, 4.69) is 6.07 Å². The van der Waals surface area contributed by atoms with Gasteiger partial charge >= 0.3 is 0 Å². The summed E-state index contributed by atoms with van der Waals surface area (Å²) in [5, 5.41) is 8.22. The van der Waals surface area contributed by atoms with Crippen LogP contribution >= 0.6 is 0 Å². The van der Waals surface area contributed by atoms with Crippen LogP contribution in [0.1, 0.15) is 25.7 Å². The Labute approximate surface area is 66.9 Å². The van der Waals surface area contributed by atoms with Crippen molar-refractivity contribution in [3.8, 4) is 6.07 Å². The first kappa shape index (κ1) is 8.51. The lowest BCUT2D eigenvalue weighted by atomic mass is 10.3. The number of hydrogen-bond donors (Lipinski definition) is 0. The third-order valence-electron chi connectivity index (χ3n) is 1.62. The molecule has 0 aromatic heterocycles. The van der Waals surface area contributed by atoms with E-state index in [1.54, 1.807) is 0 Å². The Balaban J connectivity index is 1.90. The number of unbranched alkanes of at least 4 members (excludes halogenated alkanes) is 1. The highest BCUT2D eigenvalue weighted by Crippen LogP contribution is 2.13. The molecular formula is C8H13NO2. The summed E-state index contributed by atoms with van der Waals surface area (Å²) in [6, 6.07) is 2.07. The van der Waals surface area contributed by atoms with Crippen LogP contribution in [-0.2, 0) is 9.47 Å². The molecule has 1 rings (SSSR count). The second-order valence-corrected chi connectivity index (χ2v) is 2.58. The molecule has 0 amide bonds. The maximum Gasteiger partial charge on any atom is 0.157 e. The van der Waals surface area contributed by atoms with Crippen LogP contribution in [0, 0.1) is 11.3 Å². The average Bonchev–Trinajstić information content (AvgIpc) is 2.50. The van der Waals surface area contributed by atoms with Crippen molar-refractivity contribution in [2.45, 2.75) is 32.0 Å². The lowest BCUT2D eigenvalue weighted by molar-refractivity contribution is -0.111. The van der Waals surface area contributed by atoms with Crippen molar-refractivity contribution in [3.63, 3.8) is 0 Å². The molecule has 0 spiro atoms. The molecule has 1 aliphatic heterocycles. The van der Waals surface area contributed by atoms with E-state index in [-0.39, 0.29) is 6.29 Å². The molecule has 1 fully saturated rings. The van der Waals surface area contributed by atoms with Crippen LogP contribution in [0.25, 0.3) is 0 Å². The number of nitriles is 1. The van der Waals surface area contributed by atoms with E-state index >= 15 is 0 Å². The molecule has 0 N–H and O–H groups in total. The zero-order valence-corrected chi connectivity index (χ0v) is 6.58. The Hall–Kier alpha value is -0.590. The van der Waals surface area contributed by atoms with Gasteiger partial charge in [-0.1, -0.05) is 0 Å². The van der Waals surface area contributed by atoms with Crippen LogP contribution in [0.15, 0.2) is 0 Å². The maximum absolute atomic E-state index is 8.22. The van der Waals surface area contributed by atoms with Gasteiger partial charge in [0.05, 0.1) is 12.7 Å². The summed E-state index contributed by atoms with van der Waals surface area (Å²) in [4.78, 5) is 0. The van der Waals surface area contributed by atoms with Crippen LogP contribution in [0.3, 0.4) is 0 Å². The average molecular weight is 155 g/mol. The third-order valence-corrected chi connectivity index (χ3v) is 1.62. The molecule has 3 nitrogen and oxygen atoms in total. The fourth-order valence-electron chi connectivity index (χ4n) is 1.05. The lowest BCUT2D eigenvalue weighted by Gasteiger charge is -2.08. The van der Waals surface area contributed by atoms with Crippen molar-refractivity contribution < 1.29 is 9.47 Å². The summed E-state index contributed by atoms with van der Waals surface area (Å²) in [6.45, 7) is 1.47. The van der Waals surface area contributed by atoms with E-state index in [0.717, 1.165) is 25.9 Å². The first-order chi connectivity index (χ1) is 5.43. The Kier molecular flexibility index (Phi) is 3.95. The molecule has 1 atom stereocenters. The molecule has 3 heteroatoms. The van der Waals surface area contributed by atoms with Crippen molar-refractivity contribution in [1.82, 2.24) is 0 Å². The Morgan fingerprint density at radius 3 is 3.18 bits per heavy atom. The number of ether oxygens (including phenoxy) is 2. The smallest absolute Gasteiger partial charge is 0.157 e. The van der Waals surface area contributed by atoms with Gasteiger partial charge in [0.25, 0.3) is 0 Å². The molecule has 1 unspecified atom stereocenters. The molecule has 0 aromatic rings. The van der Waals surface area contributed by atoms with Gasteiger partial charge in [0.1, 0.15) is 0 Å². The SMILES string of the molecule is N#CCCCOC1CCCO1. The molecule has 62 valence electrons. The molecule has 1 saturated heterocycles. The standard InChI is InChI=1S/C8H13NO2/c9-5-1-2-6-10-8-4-3-7-11-8/h8H,1-4,6-7H2. The van der Waals surface area contributed by atoms with Gasteiger partial charge in [0, 0.05) is 19.4 Å². The minimum Gasteiger partial charge on any atom is -0.353 e. The zero-order valence-electron chi connectivity index (χ0n) is 6.58. The van der Waals surface area contributed by atoms with Gasteiger partial charge in [-0.05, 0) is 12.8 Å². The van der Waals surface area contributed by atoms with Crippen LogP contribution in [0.5, 0.6) is 0 Å². The largest absolute Gasteiger partial charge is 0.353 e. The third kappa shape index (κ3) is 3.35. The summed E-state index contributed by atoms with van der Waals surface area (Å²) >= 11 is 0. The minimum absolute atomic E-state index is 0.00805. The molecule has 1 heterocycles. The highest BCUT2D eigenvalue weighted by Gasteiger charge is 2.14. The van der Waals surface area contributed by atoms with Crippen molar-refractivity contribution in [2.75, 3.05) is 13.2 Å². The Bertz CT molecular complexity index is 136.